The van der Waals surface area contributed by atoms with Crippen LogP contribution < -0.4 is 4.74 Å². The van der Waals surface area contributed by atoms with Crippen LogP contribution in [0, 0.1) is 11.7 Å². The molecule has 1 atom stereocenters. The van der Waals surface area contributed by atoms with E-state index in [9.17, 15) is 14.0 Å². The summed E-state index contributed by atoms with van der Waals surface area (Å²) in [6, 6.07) is 3.86. The van der Waals surface area contributed by atoms with Crippen LogP contribution in [0.25, 0.3) is 0 Å². The monoisotopic (exact) mass is 323 g/mol. The summed E-state index contributed by atoms with van der Waals surface area (Å²) in [7, 11) is 1.44. The molecular formula is C17H22FNO4. The maximum absolute atomic E-state index is 13.4. The largest absolute Gasteiger partial charge is 0.496 e. The first-order valence-electron chi connectivity index (χ1n) is 7.57. The van der Waals surface area contributed by atoms with E-state index in [4.69, 9.17) is 9.47 Å². The topological polar surface area (TPSA) is 55.8 Å². The molecule has 1 saturated heterocycles. The van der Waals surface area contributed by atoms with E-state index in [-0.39, 0.29) is 23.8 Å². The zero-order valence-corrected chi connectivity index (χ0v) is 13.9. The molecule has 1 aromatic rings. The molecule has 0 unspecified atom stereocenters. The number of ketones is 1. The fourth-order valence-electron chi connectivity index (χ4n) is 2.56. The molecule has 126 valence electrons. The molecule has 1 amide bonds. The number of likely N-dealkylation sites (tertiary alicyclic amines) is 1. The van der Waals surface area contributed by atoms with Gasteiger partial charge in [0.05, 0.1) is 12.7 Å². The van der Waals surface area contributed by atoms with Gasteiger partial charge in [-0.05, 0) is 45.4 Å². The van der Waals surface area contributed by atoms with Crippen LogP contribution in [-0.2, 0) is 4.74 Å². The van der Waals surface area contributed by atoms with Gasteiger partial charge in [-0.1, -0.05) is 0 Å². The highest BCUT2D eigenvalue weighted by molar-refractivity contribution is 6.00. The molecule has 2 rings (SSSR count). The second-order valence-corrected chi connectivity index (χ2v) is 6.62. The number of Topliss-reactive ketones (excluding diaryl/α,β-unsaturated/α-hetero) is 1. The zero-order valence-electron chi connectivity index (χ0n) is 13.9. The molecule has 23 heavy (non-hydrogen) atoms. The lowest BCUT2D eigenvalue weighted by Gasteiger charge is -2.24. The lowest BCUT2D eigenvalue weighted by Crippen LogP contribution is -2.35. The van der Waals surface area contributed by atoms with Crippen LogP contribution in [0.15, 0.2) is 18.2 Å². The second-order valence-electron chi connectivity index (χ2n) is 6.62. The van der Waals surface area contributed by atoms with Crippen LogP contribution >= 0.6 is 0 Å². The zero-order chi connectivity index (χ0) is 17.2. The standard InChI is InChI=1S/C17H22FNO4/c1-17(2,3)23-16(21)19-8-7-11(10-19)15(20)13-9-12(18)5-6-14(13)22-4/h5-6,9,11H,7-8,10H2,1-4H3/t11-/m0/s1. The Morgan fingerprint density at radius 3 is 2.61 bits per heavy atom. The fourth-order valence-corrected chi connectivity index (χ4v) is 2.56. The Morgan fingerprint density at radius 1 is 1.30 bits per heavy atom. The summed E-state index contributed by atoms with van der Waals surface area (Å²) in [5.74, 6) is -0.742. The van der Waals surface area contributed by atoms with Crippen molar-refractivity contribution in [2.45, 2.75) is 32.8 Å². The van der Waals surface area contributed by atoms with Crippen molar-refractivity contribution in [2.24, 2.45) is 5.92 Å². The molecule has 1 heterocycles. The number of benzene rings is 1. The van der Waals surface area contributed by atoms with Crippen LogP contribution in [0.4, 0.5) is 9.18 Å². The van der Waals surface area contributed by atoms with Gasteiger partial charge in [0, 0.05) is 19.0 Å². The molecule has 1 fully saturated rings. The smallest absolute Gasteiger partial charge is 0.410 e. The van der Waals surface area contributed by atoms with Crippen molar-refractivity contribution in [1.29, 1.82) is 0 Å². The molecule has 0 aromatic heterocycles. The number of methoxy groups -OCH3 is 1. The molecule has 0 radical (unpaired) electrons. The predicted molar refractivity (Wildman–Crippen MR) is 83.2 cm³/mol. The highest BCUT2D eigenvalue weighted by atomic mass is 19.1. The molecule has 0 N–H and O–H groups in total. The number of ether oxygens (including phenoxy) is 2. The van der Waals surface area contributed by atoms with Crippen molar-refractivity contribution in [3.63, 3.8) is 0 Å². The average Bonchev–Trinajstić information content (AvgIpc) is 2.94. The summed E-state index contributed by atoms with van der Waals surface area (Å²) in [6.45, 7) is 6.10. The number of amides is 1. The third kappa shape index (κ3) is 4.21. The SMILES string of the molecule is COc1ccc(F)cc1C(=O)[C@H]1CCN(C(=O)OC(C)(C)C)C1. The molecule has 1 aromatic carbocycles. The van der Waals surface area contributed by atoms with Gasteiger partial charge < -0.3 is 14.4 Å². The number of rotatable bonds is 3. The van der Waals surface area contributed by atoms with Crippen molar-refractivity contribution < 1.29 is 23.5 Å². The second kappa shape index (κ2) is 6.56. The number of carbonyl (C=O) groups excluding carboxylic acids is 2. The minimum Gasteiger partial charge on any atom is -0.496 e. The minimum atomic E-state index is -0.578. The van der Waals surface area contributed by atoms with Gasteiger partial charge in [0.1, 0.15) is 17.2 Å². The van der Waals surface area contributed by atoms with E-state index in [0.717, 1.165) is 0 Å². The van der Waals surface area contributed by atoms with Gasteiger partial charge in [0.15, 0.2) is 5.78 Å². The minimum absolute atomic E-state index is 0.212. The first-order chi connectivity index (χ1) is 10.7. The number of halogens is 1. The van der Waals surface area contributed by atoms with E-state index >= 15 is 0 Å². The molecule has 1 aliphatic rings. The predicted octanol–water partition coefficient (Wildman–Crippen LogP) is 3.27. The molecule has 6 heteroatoms. The van der Waals surface area contributed by atoms with Crippen LogP contribution in [-0.4, -0.2) is 42.6 Å². The third-order valence-electron chi connectivity index (χ3n) is 3.64. The maximum atomic E-state index is 13.4. The van der Waals surface area contributed by atoms with Gasteiger partial charge in [-0.3, -0.25) is 4.79 Å². The van der Waals surface area contributed by atoms with E-state index in [1.807, 2.05) is 0 Å². The summed E-state index contributed by atoms with van der Waals surface area (Å²) in [5, 5.41) is 0. The van der Waals surface area contributed by atoms with Crippen LogP contribution in [0.3, 0.4) is 0 Å². The van der Waals surface area contributed by atoms with Gasteiger partial charge in [-0.2, -0.15) is 0 Å². The van der Waals surface area contributed by atoms with E-state index in [0.29, 0.717) is 18.7 Å². The van der Waals surface area contributed by atoms with Gasteiger partial charge in [0.25, 0.3) is 0 Å². The molecule has 1 aliphatic heterocycles. The lowest BCUT2D eigenvalue weighted by atomic mass is 9.96. The lowest BCUT2D eigenvalue weighted by molar-refractivity contribution is 0.0289. The number of carbonyl (C=O) groups is 2. The Morgan fingerprint density at radius 2 is 2.00 bits per heavy atom. The van der Waals surface area contributed by atoms with Crippen LogP contribution in [0.1, 0.15) is 37.6 Å². The first kappa shape index (κ1) is 17.2. The third-order valence-corrected chi connectivity index (χ3v) is 3.64. The Labute approximate surface area is 135 Å². The normalized spacial score (nSPS) is 18.0. The Bertz CT molecular complexity index is 609. The van der Waals surface area contributed by atoms with E-state index < -0.39 is 17.5 Å². The Hall–Kier alpha value is -2.11. The molecular weight excluding hydrogens is 301 g/mol. The number of nitrogens with zero attached hydrogens (tertiary/aromatic N) is 1. The average molecular weight is 323 g/mol. The molecule has 0 bridgehead atoms. The van der Waals surface area contributed by atoms with E-state index in [2.05, 4.69) is 0 Å². The summed E-state index contributed by atoms with van der Waals surface area (Å²) in [5.41, 5.74) is -0.367. The van der Waals surface area contributed by atoms with Crippen molar-refractivity contribution in [1.82, 2.24) is 4.90 Å². The van der Waals surface area contributed by atoms with Gasteiger partial charge >= 0.3 is 6.09 Å². The van der Waals surface area contributed by atoms with Crippen LogP contribution in [0.2, 0.25) is 0 Å². The number of hydrogen-bond donors (Lipinski definition) is 0. The molecule has 0 saturated carbocycles. The fraction of sp³-hybridized carbons (Fsp3) is 0.529. The summed E-state index contributed by atoms with van der Waals surface area (Å²) < 4.78 is 23.9. The summed E-state index contributed by atoms with van der Waals surface area (Å²) in [4.78, 5) is 26.2. The highest BCUT2D eigenvalue weighted by Crippen LogP contribution is 2.27. The molecule has 5 nitrogen and oxygen atoms in total. The highest BCUT2D eigenvalue weighted by Gasteiger charge is 2.34. The quantitative estimate of drug-likeness (QED) is 0.801. The summed E-state index contributed by atoms with van der Waals surface area (Å²) >= 11 is 0. The van der Waals surface area contributed by atoms with Crippen LogP contribution in [0.5, 0.6) is 5.75 Å². The van der Waals surface area contributed by atoms with Crippen molar-refractivity contribution in [3.05, 3.63) is 29.6 Å². The molecule has 0 spiro atoms. The number of hydrogen-bond acceptors (Lipinski definition) is 4. The first-order valence-corrected chi connectivity index (χ1v) is 7.57. The van der Waals surface area contributed by atoms with Crippen molar-refractivity contribution in [2.75, 3.05) is 20.2 Å². The Balaban J connectivity index is 2.08. The Kier molecular flexibility index (Phi) is 4.92. The van der Waals surface area contributed by atoms with Crippen molar-refractivity contribution >= 4 is 11.9 Å². The van der Waals surface area contributed by atoms with Gasteiger partial charge in [0.2, 0.25) is 0 Å². The molecule has 0 aliphatic carbocycles. The maximum Gasteiger partial charge on any atom is 0.410 e. The van der Waals surface area contributed by atoms with Gasteiger partial charge in [-0.25, -0.2) is 9.18 Å². The van der Waals surface area contributed by atoms with Gasteiger partial charge in [-0.15, -0.1) is 0 Å². The van der Waals surface area contributed by atoms with E-state index in [1.165, 1.54) is 30.2 Å². The summed E-state index contributed by atoms with van der Waals surface area (Å²) in [6.07, 6.45) is 0.0941. The van der Waals surface area contributed by atoms with Crippen molar-refractivity contribution in [3.8, 4) is 5.75 Å². The van der Waals surface area contributed by atoms with E-state index in [1.54, 1.807) is 20.8 Å².